The summed E-state index contributed by atoms with van der Waals surface area (Å²) in [6.45, 7) is 0. The molecule has 0 saturated carbocycles. The molecule has 20 heavy (non-hydrogen) atoms. The van der Waals surface area contributed by atoms with E-state index in [1.54, 1.807) is 0 Å². The maximum atomic E-state index is 14.0. The smallest absolute Gasteiger partial charge is 0.184 e. The Balaban J connectivity index is 2.44. The van der Waals surface area contributed by atoms with Crippen LogP contribution in [0, 0.1) is 22.2 Å². The molecule has 0 aliphatic carbocycles. The Morgan fingerprint density at radius 1 is 1.05 bits per heavy atom. The molecule has 0 spiro atoms. The average Bonchev–Trinajstić information content (AvgIpc) is 2.72. The van der Waals surface area contributed by atoms with Gasteiger partial charge in [-0.05, 0) is 42.5 Å². The van der Waals surface area contributed by atoms with Crippen molar-refractivity contribution in [1.82, 2.24) is 9.55 Å². The summed E-state index contributed by atoms with van der Waals surface area (Å²) in [6, 6.07) is 6.19. The summed E-state index contributed by atoms with van der Waals surface area (Å²) < 4.78 is 42.5. The van der Waals surface area contributed by atoms with Gasteiger partial charge in [0.25, 0.3) is 0 Å². The van der Waals surface area contributed by atoms with Gasteiger partial charge in [0.05, 0.1) is 11.2 Å². The predicted molar refractivity (Wildman–Crippen MR) is 73.3 cm³/mol. The minimum Gasteiger partial charge on any atom is -0.330 e. The third kappa shape index (κ3) is 1.92. The van der Waals surface area contributed by atoms with Gasteiger partial charge in [-0.3, -0.25) is 4.57 Å². The summed E-state index contributed by atoms with van der Waals surface area (Å²) in [5.41, 5.74) is 0.134. The van der Waals surface area contributed by atoms with Gasteiger partial charge >= 0.3 is 0 Å². The fraction of sp³-hybridized carbons (Fsp3) is 0. The maximum absolute atomic E-state index is 14.0. The molecule has 0 bridgehead atoms. The van der Waals surface area contributed by atoms with Gasteiger partial charge in [0.1, 0.15) is 11.3 Å². The van der Waals surface area contributed by atoms with Gasteiger partial charge < -0.3 is 4.98 Å². The second-order valence-corrected chi connectivity index (χ2v) is 4.94. The highest BCUT2D eigenvalue weighted by Gasteiger charge is 2.17. The van der Waals surface area contributed by atoms with Gasteiger partial charge in [-0.2, -0.15) is 0 Å². The first-order chi connectivity index (χ1) is 9.49. The number of nitrogens with zero attached hydrogens (tertiary/aromatic N) is 1. The van der Waals surface area contributed by atoms with Crippen LogP contribution in [-0.2, 0) is 0 Å². The largest absolute Gasteiger partial charge is 0.330 e. The zero-order chi connectivity index (χ0) is 14.4. The Morgan fingerprint density at radius 2 is 1.80 bits per heavy atom. The van der Waals surface area contributed by atoms with Gasteiger partial charge in [-0.25, -0.2) is 13.2 Å². The van der Waals surface area contributed by atoms with Crippen LogP contribution in [0.15, 0.2) is 30.3 Å². The Kier molecular flexibility index (Phi) is 3.07. The number of imidazole rings is 1. The van der Waals surface area contributed by atoms with Crippen molar-refractivity contribution in [3.05, 3.63) is 57.6 Å². The van der Waals surface area contributed by atoms with E-state index in [0.717, 1.165) is 16.7 Å². The van der Waals surface area contributed by atoms with Gasteiger partial charge in [0, 0.05) is 5.02 Å². The van der Waals surface area contributed by atoms with E-state index in [1.165, 1.54) is 18.2 Å². The number of aromatic amines is 1. The van der Waals surface area contributed by atoms with Gasteiger partial charge in [0.15, 0.2) is 16.4 Å². The normalized spacial score (nSPS) is 11.2. The van der Waals surface area contributed by atoms with Crippen LogP contribution in [0.25, 0.3) is 16.7 Å². The lowest BCUT2D eigenvalue weighted by Crippen LogP contribution is -2.00. The topological polar surface area (TPSA) is 20.7 Å². The molecule has 2 nitrogen and oxygen atoms in total. The summed E-state index contributed by atoms with van der Waals surface area (Å²) in [7, 11) is 0. The number of benzene rings is 2. The summed E-state index contributed by atoms with van der Waals surface area (Å²) in [5, 5.41) is 0.198. The fourth-order valence-corrected chi connectivity index (χ4v) is 2.48. The van der Waals surface area contributed by atoms with Crippen LogP contribution >= 0.6 is 23.8 Å². The molecule has 0 aliphatic rings. The SMILES string of the molecule is Fc1cc(Cl)ccc1-n1c(=S)[nH]c2ccc(F)c(F)c21. The Hall–Kier alpha value is -1.79. The van der Waals surface area contributed by atoms with E-state index in [1.807, 2.05) is 0 Å². The highest BCUT2D eigenvalue weighted by molar-refractivity contribution is 7.71. The first kappa shape index (κ1) is 13.2. The predicted octanol–water partition coefficient (Wildman–Crippen LogP) is 4.76. The van der Waals surface area contributed by atoms with Crippen LogP contribution in [0.4, 0.5) is 13.2 Å². The van der Waals surface area contributed by atoms with Crippen molar-refractivity contribution in [3.63, 3.8) is 0 Å². The molecule has 0 radical (unpaired) electrons. The van der Waals surface area contributed by atoms with E-state index in [2.05, 4.69) is 4.98 Å². The third-order valence-electron chi connectivity index (χ3n) is 2.89. The molecular weight excluding hydrogens is 309 g/mol. The van der Waals surface area contributed by atoms with Crippen LogP contribution in [0.3, 0.4) is 0 Å². The summed E-state index contributed by atoms with van der Waals surface area (Å²) >= 11 is 10.7. The number of nitrogens with one attached hydrogen (secondary N) is 1. The molecule has 0 fully saturated rings. The standard InChI is InChI=1S/C13H6ClF3N2S/c14-6-1-4-10(8(16)5-6)19-12-9(18-13(19)20)3-2-7(15)11(12)17/h1-5H,(H,18,20). The van der Waals surface area contributed by atoms with Crippen molar-refractivity contribution >= 4 is 34.9 Å². The summed E-state index contributed by atoms with van der Waals surface area (Å²) in [5.74, 6) is -2.81. The molecule has 1 N–H and O–H groups in total. The highest BCUT2D eigenvalue weighted by Crippen LogP contribution is 2.26. The second-order valence-electron chi connectivity index (χ2n) is 4.12. The Morgan fingerprint density at radius 3 is 2.50 bits per heavy atom. The molecule has 3 aromatic rings. The van der Waals surface area contributed by atoms with Crippen LogP contribution in [0.5, 0.6) is 0 Å². The molecule has 3 rings (SSSR count). The summed E-state index contributed by atoms with van der Waals surface area (Å²) in [6.07, 6.45) is 0. The molecule has 1 heterocycles. The molecule has 0 aliphatic heterocycles. The highest BCUT2D eigenvalue weighted by atomic mass is 35.5. The van der Waals surface area contributed by atoms with Crippen molar-refractivity contribution in [2.45, 2.75) is 0 Å². The van der Waals surface area contributed by atoms with E-state index < -0.39 is 17.5 Å². The first-order valence-electron chi connectivity index (χ1n) is 5.53. The quantitative estimate of drug-likeness (QED) is 0.642. The second kappa shape index (κ2) is 4.64. The average molecular weight is 315 g/mol. The van der Waals surface area contributed by atoms with Crippen LogP contribution in [0.1, 0.15) is 0 Å². The monoisotopic (exact) mass is 314 g/mol. The van der Waals surface area contributed by atoms with E-state index in [9.17, 15) is 13.2 Å². The van der Waals surface area contributed by atoms with E-state index in [0.29, 0.717) is 0 Å². The minimum absolute atomic E-state index is 0.00449. The molecule has 102 valence electrons. The van der Waals surface area contributed by atoms with Crippen LogP contribution in [-0.4, -0.2) is 9.55 Å². The lowest BCUT2D eigenvalue weighted by molar-refractivity contribution is 0.514. The van der Waals surface area contributed by atoms with Crippen molar-refractivity contribution < 1.29 is 13.2 Å². The van der Waals surface area contributed by atoms with Crippen molar-refractivity contribution in [3.8, 4) is 5.69 Å². The molecule has 0 amide bonds. The zero-order valence-corrected chi connectivity index (χ0v) is 11.3. The van der Waals surface area contributed by atoms with Crippen molar-refractivity contribution in [2.24, 2.45) is 0 Å². The summed E-state index contributed by atoms with van der Waals surface area (Å²) in [4.78, 5) is 2.71. The lowest BCUT2D eigenvalue weighted by Gasteiger charge is -2.07. The molecule has 0 saturated heterocycles. The fourth-order valence-electron chi connectivity index (χ4n) is 2.02. The number of H-pyrrole nitrogens is 1. The Labute approximate surface area is 121 Å². The van der Waals surface area contributed by atoms with Crippen LogP contribution < -0.4 is 0 Å². The van der Waals surface area contributed by atoms with Gasteiger partial charge in [0.2, 0.25) is 0 Å². The number of halogens is 4. The number of fused-ring (bicyclic) bond motifs is 1. The van der Waals surface area contributed by atoms with Gasteiger partial charge in [-0.15, -0.1) is 0 Å². The van der Waals surface area contributed by atoms with Gasteiger partial charge in [-0.1, -0.05) is 11.6 Å². The minimum atomic E-state index is -1.09. The molecular formula is C13H6ClF3N2S. The van der Waals surface area contributed by atoms with E-state index in [-0.39, 0.29) is 26.5 Å². The first-order valence-corrected chi connectivity index (χ1v) is 6.32. The number of aromatic nitrogens is 2. The molecule has 7 heteroatoms. The Bertz CT molecular complexity index is 885. The van der Waals surface area contributed by atoms with Crippen molar-refractivity contribution in [1.29, 1.82) is 0 Å². The molecule has 0 atom stereocenters. The maximum Gasteiger partial charge on any atom is 0.184 e. The third-order valence-corrected chi connectivity index (χ3v) is 3.41. The number of rotatable bonds is 1. The van der Waals surface area contributed by atoms with E-state index in [4.69, 9.17) is 23.8 Å². The molecule has 1 aromatic heterocycles. The van der Waals surface area contributed by atoms with Crippen molar-refractivity contribution in [2.75, 3.05) is 0 Å². The van der Waals surface area contributed by atoms with Crippen LogP contribution in [0.2, 0.25) is 5.02 Å². The number of hydrogen-bond donors (Lipinski definition) is 1. The molecule has 2 aromatic carbocycles. The lowest BCUT2D eigenvalue weighted by atomic mass is 10.2. The number of hydrogen-bond acceptors (Lipinski definition) is 1. The van der Waals surface area contributed by atoms with E-state index >= 15 is 0 Å². The zero-order valence-electron chi connectivity index (χ0n) is 9.75. The molecule has 0 unspecified atom stereocenters.